The molecule has 198 valence electrons. The van der Waals surface area contributed by atoms with Crippen molar-refractivity contribution < 1.29 is 23.0 Å². The number of amides is 1. The molecule has 3 heterocycles. The van der Waals surface area contributed by atoms with Crippen LogP contribution in [0.25, 0.3) is 22.6 Å². The van der Waals surface area contributed by atoms with Gasteiger partial charge in [0.15, 0.2) is 5.82 Å². The highest BCUT2D eigenvalue weighted by molar-refractivity contribution is 5.83. The molecule has 1 saturated heterocycles. The zero-order valence-corrected chi connectivity index (χ0v) is 20.7. The summed E-state index contributed by atoms with van der Waals surface area (Å²) in [6.07, 6.45) is 0.649. The van der Waals surface area contributed by atoms with E-state index in [1.165, 1.54) is 24.3 Å². The number of hydrogen-bond donors (Lipinski definition) is 3. The van der Waals surface area contributed by atoms with Gasteiger partial charge in [-0.2, -0.15) is 5.26 Å². The molecule has 12 heteroatoms. The molecule has 0 saturated carbocycles. The van der Waals surface area contributed by atoms with Crippen LogP contribution in [0, 0.1) is 28.4 Å². The van der Waals surface area contributed by atoms with E-state index in [2.05, 4.69) is 30.6 Å². The molecule has 2 aromatic heterocycles. The third kappa shape index (κ3) is 5.74. The first-order chi connectivity index (χ1) is 18.8. The zero-order valence-electron chi connectivity index (χ0n) is 20.7. The molecule has 0 atom stereocenters. The summed E-state index contributed by atoms with van der Waals surface area (Å²) in [5.41, 5.74) is 1.71. The van der Waals surface area contributed by atoms with Gasteiger partial charge in [0.2, 0.25) is 18.1 Å². The first-order valence-electron chi connectivity index (χ1n) is 11.9. The van der Waals surface area contributed by atoms with Gasteiger partial charge in [-0.25, -0.2) is 23.7 Å². The molecule has 4 aromatic rings. The Labute approximate surface area is 222 Å². The van der Waals surface area contributed by atoms with E-state index >= 15 is 0 Å². The number of halogens is 2. The van der Waals surface area contributed by atoms with Gasteiger partial charge in [0, 0.05) is 17.4 Å². The average Bonchev–Trinajstić information content (AvgIpc) is 3.39. The second-order valence-electron chi connectivity index (χ2n) is 9.11. The van der Waals surface area contributed by atoms with Crippen LogP contribution in [-0.4, -0.2) is 45.6 Å². The van der Waals surface area contributed by atoms with Crippen LogP contribution in [0.1, 0.15) is 19.0 Å². The predicted octanol–water partition coefficient (Wildman–Crippen LogP) is 4.25. The topological polar surface area (TPSA) is 138 Å². The van der Waals surface area contributed by atoms with Gasteiger partial charge in [0.05, 0.1) is 41.8 Å². The molecule has 1 aliphatic heterocycles. The molecule has 2 aromatic carbocycles. The summed E-state index contributed by atoms with van der Waals surface area (Å²) in [6.45, 7) is 1.65. The van der Waals surface area contributed by atoms with Crippen molar-refractivity contribution in [2.24, 2.45) is 5.41 Å². The van der Waals surface area contributed by atoms with E-state index in [-0.39, 0.29) is 37.4 Å². The van der Waals surface area contributed by atoms with Gasteiger partial charge in [0.25, 0.3) is 0 Å². The van der Waals surface area contributed by atoms with Crippen LogP contribution < -0.4 is 10.6 Å². The van der Waals surface area contributed by atoms with E-state index < -0.39 is 17.5 Å². The summed E-state index contributed by atoms with van der Waals surface area (Å²) in [5.74, 6) is -0.506. The predicted molar refractivity (Wildman–Crippen MR) is 136 cm³/mol. The summed E-state index contributed by atoms with van der Waals surface area (Å²) >= 11 is 0. The van der Waals surface area contributed by atoms with Crippen molar-refractivity contribution in [3.05, 3.63) is 78.3 Å². The van der Waals surface area contributed by atoms with E-state index in [0.717, 1.165) is 0 Å². The molecule has 1 fully saturated rings. The number of imidazole rings is 1. The number of aromatic amines is 1. The lowest BCUT2D eigenvalue weighted by molar-refractivity contribution is -0.230. The number of rotatable bonds is 7. The Morgan fingerprint density at radius 3 is 2.41 bits per heavy atom. The van der Waals surface area contributed by atoms with Gasteiger partial charge >= 0.3 is 0 Å². The van der Waals surface area contributed by atoms with Crippen molar-refractivity contribution in [1.29, 1.82) is 5.26 Å². The van der Waals surface area contributed by atoms with Gasteiger partial charge in [-0.15, -0.1) is 0 Å². The minimum absolute atomic E-state index is 0.0378. The van der Waals surface area contributed by atoms with Gasteiger partial charge < -0.3 is 25.1 Å². The third-order valence-corrected chi connectivity index (χ3v) is 6.06. The van der Waals surface area contributed by atoms with Crippen LogP contribution in [0.3, 0.4) is 0 Å². The molecule has 0 aliphatic carbocycles. The zero-order chi connectivity index (χ0) is 27.4. The van der Waals surface area contributed by atoms with E-state index in [0.29, 0.717) is 34.2 Å². The monoisotopic (exact) mass is 531 g/mol. The first-order valence-corrected chi connectivity index (χ1v) is 11.9. The lowest BCUT2D eigenvalue weighted by atomic mass is 9.91. The van der Waals surface area contributed by atoms with Gasteiger partial charge in [-0.05, 0) is 61.5 Å². The number of nitrogens with one attached hydrogen (secondary N) is 3. The summed E-state index contributed by atoms with van der Waals surface area (Å²) in [7, 11) is 0. The van der Waals surface area contributed by atoms with E-state index in [9.17, 15) is 13.6 Å². The fourth-order valence-corrected chi connectivity index (χ4v) is 3.96. The lowest BCUT2D eigenvalue weighted by Crippen LogP contribution is -2.48. The number of anilines is 2. The van der Waals surface area contributed by atoms with Gasteiger partial charge in [-0.3, -0.25) is 4.79 Å². The number of hydrogen-bond acceptors (Lipinski definition) is 8. The van der Waals surface area contributed by atoms with Crippen LogP contribution in [0.2, 0.25) is 0 Å². The molecule has 0 spiro atoms. The quantitative estimate of drug-likeness (QED) is 0.301. The normalized spacial score (nSPS) is 18.8. The molecule has 1 amide bonds. The van der Waals surface area contributed by atoms with Crippen molar-refractivity contribution in [3.8, 4) is 28.7 Å². The molecule has 5 rings (SSSR count). The number of carbonyl (C=O) groups excluding carboxylic acids is 1. The maximum atomic E-state index is 13.7. The molecule has 10 nitrogen and oxygen atoms in total. The second-order valence-corrected chi connectivity index (χ2v) is 9.11. The smallest absolute Gasteiger partial charge is 0.231 e. The first kappa shape index (κ1) is 25.9. The van der Waals surface area contributed by atoms with E-state index in [1.54, 1.807) is 43.5 Å². The largest absolute Gasteiger partial charge is 0.345 e. The Morgan fingerprint density at radius 1 is 1.08 bits per heavy atom. The van der Waals surface area contributed by atoms with Crippen LogP contribution in [0.5, 0.6) is 0 Å². The highest BCUT2D eigenvalue weighted by Crippen LogP contribution is 2.35. The number of aromatic nitrogens is 4. The minimum atomic E-state index is -0.976. The lowest BCUT2D eigenvalue weighted by Gasteiger charge is -2.35. The molecule has 0 radical (unpaired) electrons. The molecule has 0 unspecified atom stereocenters. The van der Waals surface area contributed by atoms with Crippen LogP contribution in [-0.2, 0) is 14.3 Å². The van der Waals surface area contributed by atoms with Gasteiger partial charge in [0.1, 0.15) is 18.2 Å². The van der Waals surface area contributed by atoms with Crippen LogP contribution in [0.4, 0.5) is 20.4 Å². The molecule has 0 bridgehead atoms. The van der Waals surface area contributed by atoms with E-state index in [1.807, 2.05) is 6.07 Å². The van der Waals surface area contributed by atoms with Crippen LogP contribution in [0.15, 0.2) is 60.8 Å². The highest BCUT2D eigenvalue weighted by Gasteiger charge is 2.40. The number of carbonyl (C=O) groups is 1. The number of nitrogens with zero attached hydrogens (tertiary/aromatic N) is 4. The fourth-order valence-electron chi connectivity index (χ4n) is 3.96. The summed E-state index contributed by atoms with van der Waals surface area (Å²) in [5, 5.41) is 14.3. The minimum Gasteiger partial charge on any atom is -0.345 e. The van der Waals surface area contributed by atoms with Crippen molar-refractivity contribution in [2.45, 2.75) is 13.2 Å². The SMILES string of the molecule is CC1(C(=O)NCC#N)COC(c2nc(-c3ccc(F)cc3)c(-c3ccnc(Nc4ccc(F)cc4)n3)[nH]2)OC1. The fraction of sp³-hybridized carbons (Fsp3) is 0.222. The van der Waals surface area contributed by atoms with Crippen molar-refractivity contribution in [1.82, 2.24) is 25.3 Å². The summed E-state index contributed by atoms with van der Waals surface area (Å²) in [6, 6.07) is 15.2. The molecule has 1 aliphatic rings. The third-order valence-electron chi connectivity index (χ3n) is 6.06. The van der Waals surface area contributed by atoms with Crippen molar-refractivity contribution >= 4 is 17.5 Å². The molecular formula is C27H23F2N7O3. The number of benzene rings is 2. The Hall–Kier alpha value is -4.73. The summed E-state index contributed by atoms with van der Waals surface area (Å²) < 4.78 is 38.6. The number of nitriles is 1. The summed E-state index contributed by atoms with van der Waals surface area (Å²) in [4.78, 5) is 29.1. The second kappa shape index (κ2) is 10.9. The van der Waals surface area contributed by atoms with E-state index in [4.69, 9.17) is 14.7 Å². The Balaban J connectivity index is 1.44. The Kier molecular flexibility index (Phi) is 7.27. The Bertz CT molecular complexity index is 1510. The number of H-pyrrole nitrogens is 1. The molecule has 3 N–H and O–H groups in total. The highest BCUT2D eigenvalue weighted by atomic mass is 19.1. The number of ether oxygens (including phenoxy) is 2. The maximum Gasteiger partial charge on any atom is 0.231 e. The molecular weight excluding hydrogens is 508 g/mol. The standard InChI is InChI=1S/C27H23F2N7O3/c1-27(25(37)31-13-11-30)14-38-24(39-15-27)23-35-21(16-2-4-17(28)5-3-16)22(36-23)20-10-12-32-26(34-20)33-19-8-6-18(29)7-9-19/h2-10,12,24H,13-15H2,1H3,(H,31,37)(H,35,36)(H,32,33,34). The average molecular weight is 532 g/mol. The van der Waals surface area contributed by atoms with Crippen molar-refractivity contribution in [2.75, 3.05) is 25.1 Å². The molecule has 39 heavy (non-hydrogen) atoms. The van der Waals surface area contributed by atoms with Crippen LogP contribution >= 0.6 is 0 Å². The maximum absolute atomic E-state index is 13.7. The van der Waals surface area contributed by atoms with Gasteiger partial charge in [-0.1, -0.05) is 0 Å². The Morgan fingerprint density at radius 2 is 1.74 bits per heavy atom. The van der Waals surface area contributed by atoms with Crippen molar-refractivity contribution in [3.63, 3.8) is 0 Å².